The van der Waals surface area contributed by atoms with Crippen LogP contribution in [0.3, 0.4) is 0 Å². The second kappa shape index (κ2) is 9.56. The summed E-state index contributed by atoms with van der Waals surface area (Å²) in [5, 5.41) is 22.5. The molecule has 0 heterocycles. The van der Waals surface area contributed by atoms with Crippen molar-refractivity contribution < 1.29 is 42.4 Å². The number of halogens is 3. The van der Waals surface area contributed by atoms with Gasteiger partial charge in [0.2, 0.25) is 5.91 Å². The summed E-state index contributed by atoms with van der Waals surface area (Å²) in [7, 11) is 1.26. The highest BCUT2D eigenvalue weighted by Gasteiger charge is 2.35. The SMILES string of the molecule is COc1ccc(Oc2ccc(CNC(=O)C(C)(CO)NC(=O)O)cc2)c(C(F)(F)F)c1. The Morgan fingerprint density at radius 2 is 1.68 bits per heavy atom. The first-order valence-electron chi connectivity index (χ1n) is 8.91. The Morgan fingerprint density at radius 3 is 2.19 bits per heavy atom. The van der Waals surface area contributed by atoms with Gasteiger partial charge in [-0.05, 0) is 42.8 Å². The summed E-state index contributed by atoms with van der Waals surface area (Å²) in [6.07, 6.45) is -6.11. The molecule has 11 heteroatoms. The lowest BCUT2D eigenvalue weighted by Crippen LogP contribution is -2.58. The van der Waals surface area contributed by atoms with Crippen molar-refractivity contribution in [2.75, 3.05) is 13.7 Å². The molecule has 1 atom stereocenters. The zero-order valence-electron chi connectivity index (χ0n) is 16.6. The summed E-state index contributed by atoms with van der Waals surface area (Å²) >= 11 is 0. The molecule has 2 amide bonds. The molecule has 0 aromatic heterocycles. The van der Waals surface area contributed by atoms with Crippen molar-refractivity contribution in [3.8, 4) is 17.2 Å². The molecule has 31 heavy (non-hydrogen) atoms. The molecule has 0 fully saturated rings. The Morgan fingerprint density at radius 1 is 1.06 bits per heavy atom. The molecular weight excluding hydrogens is 421 g/mol. The average Bonchev–Trinajstić information content (AvgIpc) is 2.71. The number of aliphatic hydroxyl groups excluding tert-OH is 1. The number of alkyl halides is 3. The number of nitrogens with one attached hydrogen (secondary N) is 2. The summed E-state index contributed by atoms with van der Waals surface area (Å²) in [5.41, 5.74) is -2.14. The number of hydrogen-bond donors (Lipinski definition) is 4. The minimum absolute atomic E-state index is 0.00760. The number of ether oxygens (including phenoxy) is 2. The van der Waals surface area contributed by atoms with Gasteiger partial charge in [0.1, 0.15) is 28.4 Å². The Bertz CT molecular complexity index is 934. The Kier molecular flexibility index (Phi) is 7.34. The molecule has 0 saturated carbocycles. The van der Waals surface area contributed by atoms with Crippen molar-refractivity contribution in [3.05, 3.63) is 53.6 Å². The van der Waals surface area contributed by atoms with Gasteiger partial charge in [0.05, 0.1) is 13.7 Å². The fourth-order valence-corrected chi connectivity index (χ4v) is 2.53. The van der Waals surface area contributed by atoms with Crippen molar-refractivity contribution in [1.29, 1.82) is 0 Å². The van der Waals surface area contributed by atoms with Gasteiger partial charge < -0.3 is 30.3 Å². The number of carbonyl (C=O) groups excluding carboxylic acids is 1. The van der Waals surface area contributed by atoms with Gasteiger partial charge in [0.15, 0.2) is 0 Å². The molecule has 0 spiro atoms. The average molecular weight is 442 g/mol. The van der Waals surface area contributed by atoms with Crippen LogP contribution in [0.4, 0.5) is 18.0 Å². The Hall–Kier alpha value is -3.47. The monoisotopic (exact) mass is 442 g/mol. The minimum Gasteiger partial charge on any atom is -0.497 e. The van der Waals surface area contributed by atoms with Gasteiger partial charge in [-0.25, -0.2) is 4.79 Å². The van der Waals surface area contributed by atoms with Crippen molar-refractivity contribution >= 4 is 12.0 Å². The standard InChI is InChI=1S/C20H21F3N2O6/c1-19(11-26,25-18(28)29)17(27)24-10-12-3-5-13(6-4-12)31-16-8-7-14(30-2)9-15(16)20(21,22)23/h3-9,25-26H,10-11H2,1-2H3,(H,24,27)(H,28,29). The van der Waals surface area contributed by atoms with Gasteiger partial charge in [-0.15, -0.1) is 0 Å². The van der Waals surface area contributed by atoms with Crippen molar-refractivity contribution in [2.45, 2.75) is 25.2 Å². The van der Waals surface area contributed by atoms with Crippen molar-refractivity contribution in [3.63, 3.8) is 0 Å². The highest BCUT2D eigenvalue weighted by atomic mass is 19.4. The molecule has 1 unspecified atom stereocenters. The second-order valence-electron chi connectivity index (χ2n) is 6.71. The fraction of sp³-hybridized carbons (Fsp3) is 0.300. The molecular formula is C20H21F3N2O6. The predicted molar refractivity (Wildman–Crippen MR) is 103 cm³/mol. The Balaban J connectivity index is 2.08. The molecule has 0 aliphatic rings. The van der Waals surface area contributed by atoms with E-state index < -0.39 is 41.6 Å². The normalized spacial score (nSPS) is 13.1. The van der Waals surface area contributed by atoms with Crippen LogP contribution in [0.5, 0.6) is 17.2 Å². The van der Waals surface area contributed by atoms with Gasteiger partial charge >= 0.3 is 12.3 Å². The molecule has 0 bridgehead atoms. The second-order valence-corrected chi connectivity index (χ2v) is 6.71. The van der Waals surface area contributed by atoms with Gasteiger partial charge in [-0.1, -0.05) is 12.1 Å². The van der Waals surface area contributed by atoms with Crippen LogP contribution >= 0.6 is 0 Å². The highest BCUT2D eigenvalue weighted by Crippen LogP contribution is 2.40. The van der Waals surface area contributed by atoms with E-state index in [2.05, 4.69) is 5.32 Å². The lowest BCUT2D eigenvalue weighted by Gasteiger charge is -2.25. The van der Waals surface area contributed by atoms with Crippen LogP contribution in [0.15, 0.2) is 42.5 Å². The number of rotatable bonds is 8. The number of amides is 2. The third-order valence-electron chi connectivity index (χ3n) is 4.30. The third kappa shape index (κ3) is 6.25. The summed E-state index contributed by atoms with van der Waals surface area (Å²) in [6.45, 7) is 0.466. The van der Waals surface area contributed by atoms with Crippen LogP contribution in [-0.2, 0) is 17.5 Å². The third-order valence-corrected chi connectivity index (χ3v) is 4.30. The van der Waals surface area contributed by atoms with E-state index in [1.165, 1.54) is 44.4 Å². The van der Waals surface area contributed by atoms with Crippen LogP contribution in [0.1, 0.15) is 18.1 Å². The lowest BCUT2D eigenvalue weighted by molar-refractivity contribution is -0.138. The predicted octanol–water partition coefficient (Wildman–Crippen LogP) is 3.14. The molecule has 0 saturated heterocycles. The van der Waals surface area contributed by atoms with Crippen molar-refractivity contribution in [2.24, 2.45) is 0 Å². The zero-order valence-corrected chi connectivity index (χ0v) is 16.6. The smallest absolute Gasteiger partial charge is 0.420 e. The molecule has 2 aromatic rings. The number of hydrogen-bond acceptors (Lipinski definition) is 5. The van der Waals surface area contributed by atoms with Crippen LogP contribution in [0.2, 0.25) is 0 Å². The number of carbonyl (C=O) groups is 2. The molecule has 0 aliphatic carbocycles. The van der Waals surface area contributed by atoms with Gasteiger partial charge in [0, 0.05) is 6.54 Å². The highest BCUT2D eigenvalue weighted by molar-refractivity contribution is 5.89. The van der Waals surface area contributed by atoms with Gasteiger partial charge in [-0.3, -0.25) is 4.79 Å². The largest absolute Gasteiger partial charge is 0.497 e. The van der Waals surface area contributed by atoms with Crippen LogP contribution in [0, 0.1) is 0 Å². The summed E-state index contributed by atoms with van der Waals surface area (Å²) in [4.78, 5) is 22.9. The van der Waals surface area contributed by atoms with E-state index in [1.807, 2.05) is 5.32 Å². The van der Waals surface area contributed by atoms with Crippen molar-refractivity contribution in [1.82, 2.24) is 10.6 Å². The summed E-state index contributed by atoms with van der Waals surface area (Å²) in [5.74, 6) is -0.963. The topological polar surface area (TPSA) is 117 Å². The molecule has 4 N–H and O–H groups in total. The maximum atomic E-state index is 13.3. The van der Waals surface area contributed by atoms with Gasteiger partial charge in [-0.2, -0.15) is 13.2 Å². The zero-order chi connectivity index (χ0) is 23.2. The van der Waals surface area contributed by atoms with E-state index in [0.717, 1.165) is 12.1 Å². The molecule has 2 aromatic carbocycles. The summed E-state index contributed by atoms with van der Waals surface area (Å²) in [6, 6.07) is 9.22. The maximum Gasteiger partial charge on any atom is 0.420 e. The van der Waals surface area contributed by atoms with E-state index in [9.17, 15) is 27.9 Å². The van der Waals surface area contributed by atoms with E-state index >= 15 is 0 Å². The molecule has 2 rings (SSSR count). The molecule has 168 valence electrons. The quantitative estimate of drug-likeness (QED) is 0.499. The first-order chi connectivity index (χ1) is 14.5. The maximum absolute atomic E-state index is 13.3. The number of carboxylic acid groups (broad SMARTS) is 1. The number of benzene rings is 2. The first-order valence-corrected chi connectivity index (χ1v) is 8.91. The molecule has 0 aliphatic heterocycles. The lowest BCUT2D eigenvalue weighted by atomic mass is 10.0. The first kappa shape index (κ1) is 23.8. The number of aliphatic hydroxyl groups is 1. The van der Waals surface area contributed by atoms with Crippen LogP contribution < -0.4 is 20.1 Å². The minimum atomic E-state index is -4.64. The van der Waals surface area contributed by atoms with E-state index in [0.29, 0.717) is 5.56 Å². The van der Waals surface area contributed by atoms with Crippen LogP contribution in [-0.4, -0.2) is 41.5 Å². The molecule has 8 nitrogen and oxygen atoms in total. The van der Waals surface area contributed by atoms with E-state index in [1.54, 1.807) is 0 Å². The number of methoxy groups -OCH3 is 1. The van der Waals surface area contributed by atoms with E-state index in [-0.39, 0.29) is 18.0 Å². The summed E-state index contributed by atoms with van der Waals surface area (Å²) < 4.78 is 50.0. The fourth-order valence-electron chi connectivity index (χ4n) is 2.53. The van der Waals surface area contributed by atoms with E-state index in [4.69, 9.17) is 14.6 Å². The Labute approximate surface area is 175 Å². The van der Waals surface area contributed by atoms with Gasteiger partial charge in [0.25, 0.3) is 0 Å². The van der Waals surface area contributed by atoms with Crippen LogP contribution in [0.25, 0.3) is 0 Å². The molecule has 0 radical (unpaired) electrons.